The van der Waals surface area contributed by atoms with Crippen molar-refractivity contribution in [1.82, 2.24) is 14.5 Å². The van der Waals surface area contributed by atoms with Crippen molar-refractivity contribution in [3.8, 4) is 56.3 Å². The Hall–Kier alpha value is -8.33. The number of nitrogens with zero attached hydrogens (tertiary/aromatic N) is 5. The number of para-hydroxylation sites is 1. The molecule has 296 valence electrons. The number of aromatic nitrogens is 3. The third kappa shape index (κ3) is 5.76. The number of hydrogen-bond acceptors (Lipinski definition) is 4. The summed E-state index contributed by atoms with van der Waals surface area (Å²) in [5, 5.41) is 14.9. The summed E-state index contributed by atoms with van der Waals surface area (Å²) in [5.41, 5.74) is 18.6. The number of nitriles is 1. The fourth-order valence-electron chi connectivity index (χ4n) is 10.1. The third-order valence-electron chi connectivity index (χ3n) is 13.1. The van der Waals surface area contributed by atoms with E-state index in [4.69, 9.17) is 0 Å². The molecule has 3 aromatic heterocycles. The van der Waals surface area contributed by atoms with Gasteiger partial charge in [0.05, 0.1) is 22.7 Å². The zero-order valence-corrected chi connectivity index (χ0v) is 34.8. The smallest absolute Gasteiger partial charge is 0.0991 e. The predicted molar refractivity (Wildman–Crippen MR) is 258 cm³/mol. The molecule has 3 heterocycles. The lowest BCUT2D eigenvalue weighted by Crippen LogP contribution is -2.17. The number of anilines is 3. The van der Waals surface area contributed by atoms with Gasteiger partial charge in [0.15, 0.2) is 0 Å². The van der Waals surface area contributed by atoms with Crippen molar-refractivity contribution in [3.63, 3.8) is 0 Å². The Morgan fingerprint density at radius 3 is 1.86 bits per heavy atom. The molecule has 11 aromatic rings. The van der Waals surface area contributed by atoms with Crippen LogP contribution in [0.4, 0.5) is 17.1 Å². The van der Waals surface area contributed by atoms with E-state index in [-0.39, 0.29) is 5.41 Å². The van der Waals surface area contributed by atoms with E-state index in [2.05, 4.69) is 179 Å². The maximum Gasteiger partial charge on any atom is 0.0991 e. The average molecular weight is 806 g/mol. The summed E-state index contributed by atoms with van der Waals surface area (Å²) in [4.78, 5) is 11.2. The Bertz CT molecular complexity index is 3530. The molecule has 0 saturated carbocycles. The lowest BCUT2D eigenvalue weighted by molar-refractivity contribution is 0.660. The fraction of sp³-hybridized carbons (Fsp3) is 0.0517. The van der Waals surface area contributed by atoms with Crippen LogP contribution in [0.5, 0.6) is 0 Å². The van der Waals surface area contributed by atoms with Gasteiger partial charge in [0.25, 0.3) is 0 Å². The molecule has 0 spiro atoms. The molecule has 5 nitrogen and oxygen atoms in total. The maximum absolute atomic E-state index is 9.75. The van der Waals surface area contributed by atoms with Gasteiger partial charge in [-0.1, -0.05) is 92.7 Å². The van der Waals surface area contributed by atoms with Gasteiger partial charge in [0.2, 0.25) is 0 Å². The highest BCUT2D eigenvalue weighted by molar-refractivity contribution is 6.26. The summed E-state index contributed by atoms with van der Waals surface area (Å²) in [5.74, 6) is 0. The highest BCUT2D eigenvalue weighted by Gasteiger charge is 2.36. The number of benzene rings is 8. The van der Waals surface area contributed by atoms with Crippen LogP contribution in [0.2, 0.25) is 0 Å². The van der Waals surface area contributed by atoms with Gasteiger partial charge >= 0.3 is 0 Å². The summed E-state index contributed by atoms with van der Waals surface area (Å²) in [7, 11) is 0. The van der Waals surface area contributed by atoms with E-state index in [1.807, 2.05) is 48.8 Å². The van der Waals surface area contributed by atoms with Gasteiger partial charge in [-0.25, -0.2) is 0 Å². The summed E-state index contributed by atoms with van der Waals surface area (Å²) in [6, 6.07) is 65.5. The van der Waals surface area contributed by atoms with Crippen LogP contribution < -0.4 is 4.90 Å². The van der Waals surface area contributed by atoms with E-state index in [0.717, 1.165) is 39.3 Å². The molecule has 0 atom stereocenters. The van der Waals surface area contributed by atoms with Crippen LogP contribution in [0, 0.1) is 11.3 Å². The molecule has 0 amide bonds. The zero-order chi connectivity index (χ0) is 42.2. The van der Waals surface area contributed by atoms with Gasteiger partial charge in [0.1, 0.15) is 0 Å². The Labute approximate surface area is 365 Å². The van der Waals surface area contributed by atoms with Gasteiger partial charge in [-0.3, -0.25) is 9.97 Å². The molecule has 12 rings (SSSR count). The number of rotatable bonds is 7. The van der Waals surface area contributed by atoms with Crippen LogP contribution in [0.15, 0.2) is 201 Å². The standard InChI is InChI=1S/C58H39N5/c1-58(2)52-32-39(48-25-26-55-57-51(48)23-17-38-9-6-14-54(56(38)57)63(55)44-12-4-3-5-13-44)18-22-49(52)50-24-21-46(33-53(50)58)62(45-19-15-37(34-59)16-20-45)47-30-42(40-10-7-27-60-35-40)29-43(31-47)41-11-8-28-61-36-41/h3-33,35-36H,1-2H3. The lowest BCUT2D eigenvalue weighted by atomic mass is 9.81. The number of hydrogen-bond donors (Lipinski definition) is 0. The maximum atomic E-state index is 9.75. The number of fused-ring (bicyclic) bond motifs is 3. The monoisotopic (exact) mass is 805 g/mol. The molecule has 0 N–H and O–H groups in total. The molecule has 0 fully saturated rings. The minimum atomic E-state index is -0.293. The van der Waals surface area contributed by atoms with Crippen molar-refractivity contribution < 1.29 is 0 Å². The van der Waals surface area contributed by atoms with Gasteiger partial charge < -0.3 is 9.47 Å². The second kappa shape index (κ2) is 14.1. The third-order valence-corrected chi connectivity index (χ3v) is 13.1. The molecule has 63 heavy (non-hydrogen) atoms. The molecule has 0 bridgehead atoms. The van der Waals surface area contributed by atoms with Crippen LogP contribution in [0.3, 0.4) is 0 Å². The summed E-state index contributed by atoms with van der Waals surface area (Å²) >= 11 is 0. The SMILES string of the molecule is CC1(C)c2cc(-c3ccc4c5c3ccc3cccc(c35)n4-c3ccccc3)ccc2-c2ccc(N(c3ccc(C#N)cc3)c3cc(-c4cccnc4)cc(-c4cccnc4)c3)cc21. The second-order valence-corrected chi connectivity index (χ2v) is 17.0. The van der Waals surface area contributed by atoms with Crippen LogP contribution >= 0.6 is 0 Å². The van der Waals surface area contributed by atoms with Crippen molar-refractivity contribution in [3.05, 3.63) is 217 Å². The van der Waals surface area contributed by atoms with Crippen LogP contribution in [-0.2, 0) is 5.41 Å². The molecule has 1 aliphatic rings. The van der Waals surface area contributed by atoms with Gasteiger partial charge in [-0.05, 0) is 152 Å². The fourth-order valence-corrected chi connectivity index (χ4v) is 10.1. The second-order valence-electron chi connectivity index (χ2n) is 17.0. The first-order valence-electron chi connectivity index (χ1n) is 21.3. The minimum absolute atomic E-state index is 0.293. The Morgan fingerprint density at radius 1 is 0.492 bits per heavy atom. The van der Waals surface area contributed by atoms with Crippen molar-refractivity contribution >= 4 is 49.6 Å². The first-order chi connectivity index (χ1) is 30.9. The molecular formula is C58H39N5. The van der Waals surface area contributed by atoms with E-state index < -0.39 is 0 Å². The highest BCUT2D eigenvalue weighted by atomic mass is 15.1. The minimum Gasteiger partial charge on any atom is -0.310 e. The van der Waals surface area contributed by atoms with Gasteiger partial charge in [-0.15, -0.1) is 0 Å². The Kier molecular flexibility index (Phi) is 8.19. The predicted octanol–water partition coefficient (Wildman–Crippen LogP) is 14.8. The first kappa shape index (κ1) is 36.5. The van der Waals surface area contributed by atoms with Crippen LogP contribution in [-0.4, -0.2) is 14.5 Å². The summed E-state index contributed by atoms with van der Waals surface area (Å²) in [6.07, 6.45) is 7.42. The lowest BCUT2D eigenvalue weighted by Gasteiger charge is -2.29. The van der Waals surface area contributed by atoms with Crippen molar-refractivity contribution in [2.24, 2.45) is 0 Å². The summed E-state index contributed by atoms with van der Waals surface area (Å²) < 4.78 is 2.41. The van der Waals surface area contributed by atoms with E-state index in [0.29, 0.717) is 5.56 Å². The molecule has 0 aliphatic heterocycles. The Morgan fingerprint density at radius 2 is 1.16 bits per heavy atom. The van der Waals surface area contributed by atoms with E-state index >= 15 is 0 Å². The average Bonchev–Trinajstić information content (AvgIpc) is 3.80. The molecule has 8 aromatic carbocycles. The summed E-state index contributed by atoms with van der Waals surface area (Å²) in [6.45, 7) is 4.71. The molecule has 0 radical (unpaired) electrons. The molecule has 0 saturated heterocycles. The van der Waals surface area contributed by atoms with Crippen LogP contribution in [0.1, 0.15) is 30.5 Å². The van der Waals surface area contributed by atoms with E-state index in [1.54, 1.807) is 12.4 Å². The molecular weight excluding hydrogens is 767 g/mol. The first-order valence-corrected chi connectivity index (χ1v) is 21.3. The molecule has 5 heteroatoms. The molecule has 0 unspecified atom stereocenters. The normalized spacial score (nSPS) is 12.7. The van der Waals surface area contributed by atoms with Crippen LogP contribution in [0.25, 0.3) is 82.8 Å². The highest BCUT2D eigenvalue weighted by Crippen LogP contribution is 2.53. The van der Waals surface area contributed by atoms with Gasteiger partial charge in [0, 0.05) is 74.9 Å². The molecule has 1 aliphatic carbocycles. The van der Waals surface area contributed by atoms with Crippen molar-refractivity contribution in [1.29, 1.82) is 5.26 Å². The van der Waals surface area contributed by atoms with E-state index in [1.165, 1.54) is 71.6 Å². The van der Waals surface area contributed by atoms with Crippen molar-refractivity contribution in [2.45, 2.75) is 19.3 Å². The topological polar surface area (TPSA) is 57.7 Å². The van der Waals surface area contributed by atoms with Gasteiger partial charge in [-0.2, -0.15) is 5.26 Å². The Balaban J connectivity index is 0.995. The van der Waals surface area contributed by atoms with Crippen molar-refractivity contribution in [2.75, 3.05) is 4.90 Å². The largest absolute Gasteiger partial charge is 0.310 e. The van der Waals surface area contributed by atoms with E-state index in [9.17, 15) is 5.26 Å². The number of pyridine rings is 2. The quantitative estimate of drug-likeness (QED) is 0.151. The zero-order valence-electron chi connectivity index (χ0n) is 34.8.